The number of hydrogen-bond acceptors (Lipinski definition) is 3. The predicted octanol–water partition coefficient (Wildman–Crippen LogP) is 5.24. The van der Waals surface area contributed by atoms with Crippen LogP contribution in [0.15, 0.2) is 42.5 Å². The van der Waals surface area contributed by atoms with E-state index in [-0.39, 0.29) is 24.3 Å². The lowest BCUT2D eigenvalue weighted by Crippen LogP contribution is -2.39. The minimum absolute atomic E-state index is 0.0985. The van der Waals surface area contributed by atoms with Gasteiger partial charge in [0, 0.05) is 33.7 Å². The fraction of sp³-hybridized carbons (Fsp3) is 0.360. The number of halogens is 1. The van der Waals surface area contributed by atoms with Crippen molar-refractivity contribution in [1.82, 2.24) is 9.47 Å². The van der Waals surface area contributed by atoms with Gasteiger partial charge in [-0.15, -0.1) is 0 Å². The fourth-order valence-corrected chi connectivity index (χ4v) is 4.43. The highest BCUT2D eigenvalue weighted by atomic mass is 35.5. The number of nitrogens with zero attached hydrogens (tertiary/aromatic N) is 2. The van der Waals surface area contributed by atoms with Crippen molar-refractivity contribution in [2.24, 2.45) is 0 Å². The fourth-order valence-electron chi connectivity index (χ4n) is 4.30. The largest absolute Gasteiger partial charge is 0.497 e. The molecule has 5 nitrogen and oxygen atoms in total. The number of carbonyl (C=O) groups excluding carboxylic acids is 2. The molecular weight excluding hydrogens is 412 g/mol. The Kier molecular flexibility index (Phi) is 5.80. The molecule has 0 radical (unpaired) electrons. The van der Waals surface area contributed by atoms with Gasteiger partial charge in [-0.05, 0) is 81.6 Å². The third kappa shape index (κ3) is 4.07. The number of fused-ring (bicyclic) bond motifs is 1. The molecule has 4 rings (SSSR count). The van der Waals surface area contributed by atoms with Gasteiger partial charge in [-0.3, -0.25) is 14.2 Å². The Hall–Kier alpha value is -2.79. The van der Waals surface area contributed by atoms with Crippen molar-refractivity contribution in [3.05, 3.63) is 64.3 Å². The second-order valence-electron chi connectivity index (χ2n) is 8.40. The smallest absolute Gasteiger partial charge is 0.262 e. The van der Waals surface area contributed by atoms with Gasteiger partial charge in [0.25, 0.3) is 5.91 Å². The number of carbonyl (C=O) groups is 2. The molecule has 0 bridgehead atoms. The normalized spacial score (nSPS) is 13.6. The van der Waals surface area contributed by atoms with E-state index in [4.69, 9.17) is 16.3 Å². The van der Waals surface area contributed by atoms with Crippen molar-refractivity contribution in [3.63, 3.8) is 0 Å². The second-order valence-corrected chi connectivity index (χ2v) is 8.83. The van der Waals surface area contributed by atoms with E-state index in [0.29, 0.717) is 22.4 Å². The molecule has 162 valence electrons. The van der Waals surface area contributed by atoms with Crippen LogP contribution in [0.25, 0.3) is 10.9 Å². The third-order valence-corrected chi connectivity index (χ3v) is 6.20. The Morgan fingerprint density at radius 3 is 2.42 bits per heavy atom. The van der Waals surface area contributed by atoms with Crippen LogP contribution in [0.4, 0.5) is 0 Å². The zero-order valence-corrected chi connectivity index (χ0v) is 19.1. The molecule has 6 heteroatoms. The van der Waals surface area contributed by atoms with Gasteiger partial charge in [0.05, 0.1) is 19.0 Å². The lowest BCUT2D eigenvalue weighted by molar-refractivity contribution is -0.132. The Labute approximate surface area is 187 Å². The molecule has 0 saturated heterocycles. The van der Waals surface area contributed by atoms with Crippen molar-refractivity contribution in [3.8, 4) is 5.75 Å². The molecule has 0 atom stereocenters. The van der Waals surface area contributed by atoms with E-state index < -0.39 is 0 Å². The Bertz CT molecular complexity index is 1140. The molecule has 1 aromatic heterocycles. The number of methoxy groups -OCH3 is 1. The summed E-state index contributed by atoms with van der Waals surface area (Å²) in [6.45, 7) is 6.01. The molecule has 31 heavy (non-hydrogen) atoms. The molecule has 1 saturated carbocycles. The summed E-state index contributed by atoms with van der Waals surface area (Å²) in [5, 5.41) is 1.45. The molecule has 0 unspecified atom stereocenters. The number of amides is 1. The van der Waals surface area contributed by atoms with Crippen LogP contribution in [0.2, 0.25) is 5.02 Å². The van der Waals surface area contributed by atoms with Crippen LogP contribution in [0.5, 0.6) is 5.75 Å². The quantitative estimate of drug-likeness (QED) is 0.528. The van der Waals surface area contributed by atoms with Gasteiger partial charge in [0.2, 0.25) is 5.91 Å². The first-order valence-electron chi connectivity index (χ1n) is 10.6. The van der Waals surface area contributed by atoms with Gasteiger partial charge in [0.15, 0.2) is 0 Å². The summed E-state index contributed by atoms with van der Waals surface area (Å²) < 4.78 is 7.11. The van der Waals surface area contributed by atoms with Gasteiger partial charge in [-0.25, -0.2) is 0 Å². The van der Waals surface area contributed by atoms with Crippen LogP contribution in [-0.4, -0.2) is 40.5 Å². The lowest BCUT2D eigenvalue weighted by atomic mass is 10.1. The van der Waals surface area contributed by atoms with Crippen molar-refractivity contribution >= 4 is 34.3 Å². The Morgan fingerprint density at radius 2 is 1.84 bits per heavy atom. The van der Waals surface area contributed by atoms with E-state index >= 15 is 0 Å². The molecule has 0 aliphatic heterocycles. The lowest BCUT2D eigenvalue weighted by Gasteiger charge is -2.27. The van der Waals surface area contributed by atoms with E-state index in [1.807, 2.05) is 30.0 Å². The maximum atomic E-state index is 13.4. The topological polar surface area (TPSA) is 51.5 Å². The SMILES string of the molecule is COc1ccc2c(c1)c(CC(=O)N(C(C)C)C1CC1)c(C)n2C(=O)c1ccc(Cl)cc1. The molecule has 1 fully saturated rings. The summed E-state index contributed by atoms with van der Waals surface area (Å²) >= 11 is 6.00. The van der Waals surface area contributed by atoms with E-state index in [1.54, 1.807) is 35.9 Å². The molecule has 1 heterocycles. The second kappa shape index (κ2) is 8.39. The maximum Gasteiger partial charge on any atom is 0.262 e. The van der Waals surface area contributed by atoms with Crippen molar-refractivity contribution < 1.29 is 14.3 Å². The van der Waals surface area contributed by atoms with E-state index in [1.165, 1.54) is 0 Å². The number of ether oxygens (including phenoxy) is 1. The van der Waals surface area contributed by atoms with Crippen molar-refractivity contribution in [1.29, 1.82) is 0 Å². The highest BCUT2D eigenvalue weighted by Crippen LogP contribution is 2.33. The zero-order chi connectivity index (χ0) is 22.3. The van der Waals surface area contributed by atoms with E-state index in [2.05, 4.69) is 13.8 Å². The summed E-state index contributed by atoms with van der Waals surface area (Å²) in [6.07, 6.45) is 2.38. The van der Waals surface area contributed by atoms with Crippen LogP contribution in [0, 0.1) is 6.92 Å². The van der Waals surface area contributed by atoms with Gasteiger partial charge in [-0.1, -0.05) is 11.6 Å². The maximum absolute atomic E-state index is 13.4. The summed E-state index contributed by atoms with van der Waals surface area (Å²) in [6, 6.07) is 13.0. The molecule has 1 aliphatic carbocycles. The first-order valence-corrected chi connectivity index (χ1v) is 11.0. The number of rotatable bonds is 6. The molecule has 1 amide bonds. The molecule has 2 aromatic carbocycles. The van der Waals surface area contributed by atoms with Crippen molar-refractivity contribution in [2.45, 2.75) is 52.1 Å². The van der Waals surface area contributed by atoms with E-state index in [9.17, 15) is 9.59 Å². The summed E-state index contributed by atoms with van der Waals surface area (Å²) in [5.74, 6) is 0.646. The number of hydrogen-bond donors (Lipinski definition) is 0. The first-order chi connectivity index (χ1) is 14.8. The van der Waals surface area contributed by atoms with E-state index in [0.717, 1.165) is 35.0 Å². The minimum Gasteiger partial charge on any atom is -0.497 e. The Balaban J connectivity index is 1.81. The van der Waals surface area contributed by atoms with Crippen LogP contribution in [0.1, 0.15) is 48.3 Å². The van der Waals surface area contributed by atoms with Crippen LogP contribution in [0.3, 0.4) is 0 Å². The highest BCUT2D eigenvalue weighted by Gasteiger charge is 2.35. The molecule has 1 aliphatic rings. The van der Waals surface area contributed by atoms with Crippen LogP contribution in [-0.2, 0) is 11.2 Å². The molecule has 0 N–H and O–H groups in total. The minimum atomic E-state index is -0.147. The summed E-state index contributed by atoms with van der Waals surface area (Å²) in [7, 11) is 1.61. The number of benzene rings is 2. The van der Waals surface area contributed by atoms with Gasteiger partial charge in [0.1, 0.15) is 5.75 Å². The average Bonchev–Trinajstić information content (AvgIpc) is 3.53. The predicted molar refractivity (Wildman–Crippen MR) is 123 cm³/mol. The van der Waals surface area contributed by atoms with Gasteiger partial charge in [-0.2, -0.15) is 0 Å². The van der Waals surface area contributed by atoms with Gasteiger partial charge >= 0.3 is 0 Å². The first kappa shape index (κ1) is 21.4. The monoisotopic (exact) mass is 438 g/mol. The number of aromatic nitrogens is 1. The summed E-state index contributed by atoms with van der Waals surface area (Å²) in [4.78, 5) is 28.6. The Morgan fingerprint density at radius 1 is 1.16 bits per heavy atom. The zero-order valence-electron chi connectivity index (χ0n) is 18.3. The van der Waals surface area contributed by atoms with Crippen LogP contribution < -0.4 is 4.74 Å². The summed E-state index contributed by atoms with van der Waals surface area (Å²) in [5.41, 5.74) is 2.95. The molecular formula is C25H27ClN2O3. The molecule has 3 aromatic rings. The van der Waals surface area contributed by atoms with Crippen LogP contribution >= 0.6 is 11.6 Å². The highest BCUT2D eigenvalue weighted by molar-refractivity contribution is 6.30. The van der Waals surface area contributed by atoms with Gasteiger partial charge < -0.3 is 9.64 Å². The standard InChI is InChI=1S/C25H27ClN2O3/c1-15(2)27(19-9-10-19)24(29)14-21-16(3)28(23-12-11-20(31-4)13-22(21)23)25(30)17-5-7-18(26)8-6-17/h5-8,11-13,15,19H,9-10,14H2,1-4H3. The average molecular weight is 439 g/mol. The van der Waals surface area contributed by atoms with Crippen molar-refractivity contribution in [2.75, 3.05) is 7.11 Å². The third-order valence-electron chi connectivity index (χ3n) is 5.95. The molecule has 0 spiro atoms.